The van der Waals surface area contributed by atoms with Crippen LogP contribution in [0.1, 0.15) is 11.5 Å². The third kappa shape index (κ3) is 1.32. The third-order valence-corrected chi connectivity index (χ3v) is 2.51. The van der Waals surface area contributed by atoms with E-state index in [2.05, 4.69) is 9.97 Å². The zero-order valence-corrected chi connectivity index (χ0v) is 7.75. The van der Waals surface area contributed by atoms with Crippen molar-refractivity contribution in [3.05, 3.63) is 29.3 Å². The minimum Gasteiger partial charge on any atom is -0.267 e. The van der Waals surface area contributed by atoms with E-state index >= 15 is 0 Å². The van der Waals surface area contributed by atoms with E-state index in [0.717, 1.165) is 10.8 Å². The van der Waals surface area contributed by atoms with Gasteiger partial charge in [-0.25, -0.2) is 9.97 Å². The summed E-state index contributed by atoms with van der Waals surface area (Å²) in [6, 6.07) is 2.00. The predicted octanol–water partition coefficient (Wildman–Crippen LogP) is 1.51. The first-order chi connectivity index (χ1) is 6.31. The molecule has 0 unspecified atom stereocenters. The quantitative estimate of drug-likeness (QED) is 0.684. The molecule has 0 aromatic carbocycles. The van der Waals surface area contributed by atoms with Gasteiger partial charge in [0.15, 0.2) is 5.13 Å². The van der Waals surface area contributed by atoms with Crippen LogP contribution in [0.25, 0.3) is 5.13 Å². The van der Waals surface area contributed by atoms with Gasteiger partial charge in [0.1, 0.15) is 6.07 Å². The third-order valence-electron chi connectivity index (χ3n) is 1.55. The number of nitriles is 1. The van der Waals surface area contributed by atoms with E-state index in [0.29, 0.717) is 5.82 Å². The summed E-state index contributed by atoms with van der Waals surface area (Å²) in [5.74, 6) is 0.370. The summed E-state index contributed by atoms with van der Waals surface area (Å²) in [5.41, 5.74) is 0.956. The molecule has 5 heteroatoms. The first kappa shape index (κ1) is 7.95. The van der Waals surface area contributed by atoms with E-state index in [9.17, 15) is 0 Å². The van der Waals surface area contributed by atoms with Crippen molar-refractivity contribution in [2.45, 2.75) is 6.92 Å². The molecule has 0 saturated carbocycles. The van der Waals surface area contributed by atoms with E-state index in [1.807, 2.05) is 18.4 Å². The molecule has 0 bridgehead atoms. The van der Waals surface area contributed by atoms with Gasteiger partial charge in [-0.15, -0.1) is 11.3 Å². The van der Waals surface area contributed by atoms with Gasteiger partial charge in [-0.2, -0.15) is 5.26 Å². The zero-order chi connectivity index (χ0) is 9.26. The maximum absolute atomic E-state index is 8.72. The van der Waals surface area contributed by atoms with Gasteiger partial charge < -0.3 is 0 Å². The van der Waals surface area contributed by atoms with Crippen molar-refractivity contribution in [1.82, 2.24) is 14.5 Å². The number of nitrogens with zero attached hydrogens (tertiary/aromatic N) is 4. The zero-order valence-electron chi connectivity index (χ0n) is 6.93. The van der Waals surface area contributed by atoms with Crippen LogP contribution in [0, 0.1) is 18.3 Å². The molecule has 2 aromatic heterocycles. The van der Waals surface area contributed by atoms with Gasteiger partial charge in [0.05, 0.1) is 5.69 Å². The molecule has 0 saturated heterocycles. The van der Waals surface area contributed by atoms with E-state index in [4.69, 9.17) is 5.26 Å². The van der Waals surface area contributed by atoms with E-state index < -0.39 is 0 Å². The molecular weight excluding hydrogens is 184 g/mol. The topological polar surface area (TPSA) is 54.5 Å². The molecule has 0 fully saturated rings. The Balaban J connectivity index is 2.53. The molecule has 0 aliphatic heterocycles. The van der Waals surface area contributed by atoms with Gasteiger partial charge in [-0.05, 0) is 6.92 Å². The Hall–Kier alpha value is -1.67. The minimum absolute atomic E-state index is 0.370. The van der Waals surface area contributed by atoms with Crippen LogP contribution in [0.2, 0.25) is 0 Å². The Kier molecular flexibility index (Phi) is 1.83. The predicted molar refractivity (Wildman–Crippen MR) is 48.7 cm³/mol. The van der Waals surface area contributed by atoms with Crippen molar-refractivity contribution in [1.29, 1.82) is 5.26 Å². The highest BCUT2D eigenvalue weighted by atomic mass is 32.1. The standard InChI is InChI=1S/C8H6N4S/c1-6-5-13-8(11-6)12-3-2-10-7(12)4-9/h2-3,5H,1H3. The van der Waals surface area contributed by atoms with Crippen LogP contribution in [0.3, 0.4) is 0 Å². The largest absolute Gasteiger partial charge is 0.267 e. The summed E-state index contributed by atoms with van der Waals surface area (Å²) in [7, 11) is 0. The van der Waals surface area contributed by atoms with Gasteiger partial charge in [-0.1, -0.05) is 0 Å². The summed E-state index contributed by atoms with van der Waals surface area (Å²) >= 11 is 1.50. The summed E-state index contributed by atoms with van der Waals surface area (Å²) in [6.07, 6.45) is 3.33. The monoisotopic (exact) mass is 190 g/mol. The molecular formula is C8H6N4S. The van der Waals surface area contributed by atoms with E-state index in [-0.39, 0.29) is 0 Å². The number of rotatable bonds is 1. The molecule has 2 heterocycles. The van der Waals surface area contributed by atoms with Crippen LogP contribution in [-0.2, 0) is 0 Å². The summed E-state index contributed by atoms with van der Waals surface area (Å²) in [4.78, 5) is 8.14. The van der Waals surface area contributed by atoms with Gasteiger partial charge >= 0.3 is 0 Å². The first-order valence-corrected chi connectivity index (χ1v) is 4.55. The lowest BCUT2D eigenvalue weighted by atomic mass is 10.6. The highest BCUT2D eigenvalue weighted by Gasteiger charge is 2.06. The normalized spacial score (nSPS) is 9.85. The molecule has 0 spiro atoms. The van der Waals surface area contributed by atoms with Crippen LogP contribution >= 0.6 is 11.3 Å². The maximum Gasteiger partial charge on any atom is 0.219 e. The fraction of sp³-hybridized carbons (Fsp3) is 0.125. The van der Waals surface area contributed by atoms with Crippen molar-refractivity contribution < 1.29 is 0 Å². The van der Waals surface area contributed by atoms with Crippen LogP contribution < -0.4 is 0 Å². The second-order valence-corrected chi connectivity index (χ2v) is 3.34. The van der Waals surface area contributed by atoms with Gasteiger partial charge in [0.25, 0.3) is 0 Å². The van der Waals surface area contributed by atoms with Crippen LogP contribution in [0.15, 0.2) is 17.8 Å². The highest BCUT2D eigenvalue weighted by Crippen LogP contribution is 2.15. The average molecular weight is 190 g/mol. The molecule has 0 amide bonds. The minimum atomic E-state index is 0.370. The molecule has 0 aliphatic carbocycles. The van der Waals surface area contributed by atoms with Crippen molar-refractivity contribution >= 4 is 11.3 Å². The summed E-state index contributed by atoms with van der Waals surface area (Å²) in [6.45, 7) is 1.92. The maximum atomic E-state index is 8.72. The van der Waals surface area contributed by atoms with Crippen molar-refractivity contribution in [2.24, 2.45) is 0 Å². The van der Waals surface area contributed by atoms with Crippen molar-refractivity contribution in [3.63, 3.8) is 0 Å². The molecule has 4 nitrogen and oxygen atoms in total. The number of hydrogen-bond donors (Lipinski definition) is 0. The Labute approximate surface area is 79.1 Å². The second-order valence-electron chi connectivity index (χ2n) is 2.50. The van der Waals surface area contributed by atoms with Crippen LogP contribution in [0.5, 0.6) is 0 Å². The van der Waals surface area contributed by atoms with E-state index in [1.165, 1.54) is 11.3 Å². The molecule has 0 N–H and O–H groups in total. The summed E-state index contributed by atoms with van der Waals surface area (Å²) in [5, 5.41) is 11.4. The van der Waals surface area contributed by atoms with Gasteiger partial charge in [0, 0.05) is 17.8 Å². The SMILES string of the molecule is Cc1csc(-n2ccnc2C#N)n1. The van der Waals surface area contributed by atoms with Crippen molar-refractivity contribution in [2.75, 3.05) is 0 Å². The Morgan fingerprint density at radius 1 is 1.62 bits per heavy atom. The molecule has 0 aliphatic rings. The Morgan fingerprint density at radius 3 is 3.08 bits per heavy atom. The lowest BCUT2D eigenvalue weighted by molar-refractivity contribution is 0.990. The van der Waals surface area contributed by atoms with E-state index in [1.54, 1.807) is 17.0 Å². The molecule has 64 valence electrons. The lowest BCUT2D eigenvalue weighted by Crippen LogP contribution is -1.95. The number of imidazole rings is 1. The average Bonchev–Trinajstić information content (AvgIpc) is 2.71. The molecule has 2 rings (SSSR count). The Bertz CT molecular complexity index is 462. The van der Waals surface area contributed by atoms with Gasteiger partial charge in [0.2, 0.25) is 5.82 Å². The molecule has 0 radical (unpaired) electrons. The number of aromatic nitrogens is 3. The van der Waals surface area contributed by atoms with Crippen LogP contribution in [0.4, 0.5) is 0 Å². The molecule has 13 heavy (non-hydrogen) atoms. The van der Waals surface area contributed by atoms with Crippen molar-refractivity contribution in [3.8, 4) is 11.2 Å². The number of thiazole rings is 1. The fourth-order valence-corrected chi connectivity index (χ4v) is 1.78. The smallest absolute Gasteiger partial charge is 0.219 e. The second kappa shape index (κ2) is 2.99. The van der Waals surface area contributed by atoms with Crippen LogP contribution in [-0.4, -0.2) is 14.5 Å². The number of hydrogen-bond acceptors (Lipinski definition) is 4. The first-order valence-electron chi connectivity index (χ1n) is 3.67. The summed E-state index contributed by atoms with van der Waals surface area (Å²) < 4.78 is 1.68. The number of aryl methyl sites for hydroxylation is 1. The Morgan fingerprint density at radius 2 is 2.46 bits per heavy atom. The molecule has 0 atom stereocenters. The molecule has 2 aromatic rings. The van der Waals surface area contributed by atoms with Gasteiger partial charge in [-0.3, -0.25) is 4.57 Å². The highest BCUT2D eigenvalue weighted by molar-refractivity contribution is 7.12. The fourth-order valence-electron chi connectivity index (χ4n) is 0.993. The lowest BCUT2D eigenvalue weighted by Gasteiger charge is -1.94.